The second-order valence-electron chi connectivity index (χ2n) is 8.68. The highest BCUT2D eigenvalue weighted by Crippen LogP contribution is 2.30. The quantitative estimate of drug-likeness (QED) is 0.309. The minimum Gasteiger partial charge on any atom is -0.394 e. The summed E-state index contributed by atoms with van der Waals surface area (Å²) in [5.74, 6) is 0.182. The lowest BCUT2D eigenvalue weighted by Crippen LogP contribution is -2.36. The molecule has 1 aliphatic rings. The molecule has 1 saturated heterocycles. The predicted molar refractivity (Wildman–Crippen MR) is 135 cm³/mol. The summed E-state index contributed by atoms with van der Waals surface area (Å²) >= 11 is 6.51. The van der Waals surface area contributed by atoms with Crippen LogP contribution in [-0.2, 0) is 11.2 Å². The van der Waals surface area contributed by atoms with E-state index in [0.29, 0.717) is 45.7 Å². The standard InChI is InChI=1S/C26H24ClN5O4/c27-21-9-15(10-22(34)16-5-7-28-8-6-16)1-4-19(21)24(35)20-11-29-25-23(20)26(31-14-30-25)32-17-2-3-18(12-33)36-13-17/h1,4-9,11,14,17-18,33H,2-3,10,12-13H2,(H2,29,30,31,32). The number of rotatable bonds is 8. The van der Waals surface area contributed by atoms with E-state index in [4.69, 9.17) is 16.3 Å². The van der Waals surface area contributed by atoms with E-state index in [2.05, 4.69) is 25.3 Å². The third kappa shape index (κ3) is 4.99. The van der Waals surface area contributed by atoms with Crippen molar-refractivity contribution in [3.05, 3.63) is 82.5 Å². The number of carbonyl (C=O) groups is 2. The van der Waals surface area contributed by atoms with Crippen LogP contribution >= 0.6 is 11.6 Å². The summed E-state index contributed by atoms with van der Waals surface area (Å²) in [5, 5.41) is 13.5. The molecule has 0 spiro atoms. The van der Waals surface area contributed by atoms with Gasteiger partial charge in [0.2, 0.25) is 0 Å². The van der Waals surface area contributed by atoms with E-state index in [1.165, 1.54) is 6.33 Å². The van der Waals surface area contributed by atoms with Gasteiger partial charge in [0.25, 0.3) is 0 Å². The Morgan fingerprint density at radius 2 is 1.97 bits per heavy atom. The first-order valence-corrected chi connectivity index (χ1v) is 12.0. The number of anilines is 1. The number of fused-ring (bicyclic) bond motifs is 1. The molecule has 2 atom stereocenters. The summed E-state index contributed by atoms with van der Waals surface area (Å²) in [7, 11) is 0. The molecule has 5 rings (SSSR count). The number of benzene rings is 1. The lowest BCUT2D eigenvalue weighted by Gasteiger charge is -2.29. The van der Waals surface area contributed by atoms with Gasteiger partial charge in [0, 0.05) is 36.1 Å². The molecule has 0 saturated carbocycles. The SMILES string of the molecule is O=C(Cc1ccc(C(=O)c2c[nH]c3ncnc(NC4CCC(CO)OC4)c23)c(Cl)c1)c1ccncc1. The maximum absolute atomic E-state index is 13.5. The molecule has 2 unspecified atom stereocenters. The molecule has 9 nitrogen and oxygen atoms in total. The highest BCUT2D eigenvalue weighted by Gasteiger charge is 2.25. The molecule has 0 bridgehead atoms. The zero-order valence-electron chi connectivity index (χ0n) is 19.3. The third-order valence-electron chi connectivity index (χ3n) is 6.27. The van der Waals surface area contributed by atoms with Gasteiger partial charge in [0.05, 0.1) is 41.3 Å². The van der Waals surface area contributed by atoms with Crippen molar-refractivity contribution in [3.8, 4) is 0 Å². The number of ether oxygens (including phenoxy) is 1. The summed E-state index contributed by atoms with van der Waals surface area (Å²) < 4.78 is 5.66. The van der Waals surface area contributed by atoms with Gasteiger partial charge in [-0.3, -0.25) is 14.6 Å². The minimum absolute atomic E-state index is 0.00161. The average Bonchev–Trinajstić information content (AvgIpc) is 3.35. The fourth-order valence-electron chi connectivity index (χ4n) is 4.33. The molecule has 36 heavy (non-hydrogen) atoms. The van der Waals surface area contributed by atoms with E-state index in [0.717, 1.165) is 12.8 Å². The molecule has 3 N–H and O–H groups in total. The molecule has 1 aromatic carbocycles. The van der Waals surface area contributed by atoms with Crippen LogP contribution in [0.4, 0.5) is 5.82 Å². The van der Waals surface area contributed by atoms with Gasteiger partial charge in [-0.2, -0.15) is 0 Å². The molecular weight excluding hydrogens is 482 g/mol. The topological polar surface area (TPSA) is 130 Å². The number of aliphatic hydroxyl groups excluding tert-OH is 1. The van der Waals surface area contributed by atoms with Crippen molar-refractivity contribution in [2.45, 2.75) is 31.4 Å². The van der Waals surface area contributed by atoms with E-state index in [1.807, 2.05) is 0 Å². The van der Waals surface area contributed by atoms with Crippen molar-refractivity contribution in [1.82, 2.24) is 19.9 Å². The predicted octanol–water partition coefficient (Wildman–Crippen LogP) is 3.61. The lowest BCUT2D eigenvalue weighted by atomic mass is 9.99. The summed E-state index contributed by atoms with van der Waals surface area (Å²) in [6.45, 7) is 0.425. The highest BCUT2D eigenvalue weighted by atomic mass is 35.5. The Kier molecular flexibility index (Phi) is 7.04. The van der Waals surface area contributed by atoms with E-state index in [9.17, 15) is 14.7 Å². The minimum atomic E-state index is -0.281. The number of pyridine rings is 1. The molecule has 0 radical (unpaired) electrons. The summed E-state index contributed by atoms with van der Waals surface area (Å²) in [6, 6.07) is 8.34. The van der Waals surface area contributed by atoms with E-state index < -0.39 is 0 Å². The highest BCUT2D eigenvalue weighted by molar-refractivity contribution is 6.35. The van der Waals surface area contributed by atoms with Crippen molar-refractivity contribution in [2.75, 3.05) is 18.5 Å². The summed E-state index contributed by atoms with van der Waals surface area (Å²) in [6.07, 6.45) is 7.71. The normalized spacial score (nSPS) is 17.7. The number of hydrogen-bond donors (Lipinski definition) is 3. The number of halogens is 1. The molecule has 4 heterocycles. The fraction of sp³-hybridized carbons (Fsp3) is 0.269. The Bertz CT molecular complexity index is 1400. The Hall–Kier alpha value is -3.66. The van der Waals surface area contributed by atoms with E-state index in [-0.39, 0.29) is 41.8 Å². The van der Waals surface area contributed by atoms with Gasteiger partial charge in [-0.1, -0.05) is 17.7 Å². The first-order valence-electron chi connectivity index (χ1n) is 11.6. The zero-order valence-corrected chi connectivity index (χ0v) is 20.0. The van der Waals surface area contributed by atoms with Crippen LogP contribution in [-0.4, -0.2) is 62.0 Å². The van der Waals surface area contributed by atoms with Gasteiger partial charge < -0.3 is 20.1 Å². The van der Waals surface area contributed by atoms with Crippen LogP contribution in [0, 0.1) is 0 Å². The molecule has 3 aromatic heterocycles. The van der Waals surface area contributed by atoms with Crippen LogP contribution in [0.3, 0.4) is 0 Å². The zero-order chi connectivity index (χ0) is 25.1. The number of aromatic amines is 1. The molecule has 184 valence electrons. The van der Waals surface area contributed by atoms with Crippen LogP contribution < -0.4 is 5.32 Å². The molecule has 0 aliphatic carbocycles. The van der Waals surface area contributed by atoms with Crippen LogP contribution in [0.1, 0.15) is 44.7 Å². The number of nitrogens with one attached hydrogen (secondary N) is 2. The Morgan fingerprint density at radius 3 is 2.69 bits per heavy atom. The van der Waals surface area contributed by atoms with Crippen molar-refractivity contribution in [3.63, 3.8) is 0 Å². The van der Waals surface area contributed by atoms with Gasteiger partial charge in [0.1, 0.15) is 17.8 Å². The fourth-order valence-corrected chi connectivity index (χ4v) is 4.62. The van der Waals surface area contributed by atoms with Crippen molar-refractivity contribution < 1.29 is 19.4 Å². The first-order chi connectivity index (χ1) is 17.5. The Morgan fingerprint density at radius 1 is 1.14 bits per heavy atom. The largest absolute Gasteiger partial charge is 0.394 e. The smallest absolute Gasteiger partial charge is 0.196 e. The monoisotopic (exact) mass is 505 g/mol. The molecule has 4 aromatic rings. The molecular formula is C26H24ClN5O4. The summed E-state index contributed by atoms with van der Waals surface area (Å²) in [5.41, 5.74) is 2.51. The summed E-state index contributed by atoms with van der Waals surface area (Å²) in [4.78, 5) is 41.6. The van der Waals surface area contributed by atoms with Gasteiger partial charge in [-0.25, -0.2) is 9.97 Å². The number of nitrogens with zero attached hydrogens (tertiary/aromatic N) is 3. The van der Waals surface area contributed by atoms with Gasteiger partial charge >= 0.3 is 0 Å². The van der Waals surface area contributed by atoms with Gasteiger partial charge in [-0.05, 0) is 42.7 Å². The first kappa shape index (κ1) is 24.1. The number of aliphatic hydroxyl groups is 1. The molecule has 10 heteroatoms. The number of H-pyrrole nitrogens is 1. The Labute approximate surface area is 211 Å². The molecule has 0 amide bonds. The number of Topliss-reactive ketones (excluding diaryl/α,β-unsaturated/α-hetero) is 1. The van der Waals surface area contributed by atoms with Crippen LogP contribution in [0.2, 0.25) is 5.02 Å². The molecule has 1 aliphatic heterocycles. The van der Waals surface area contributed by atoms with Crippen LogP contribution in [0.25, 0.3) is 11.0 Å². The van der Waals surface area contributed by atoms with Crippen molar-refractivity contribution in [1.29, 1.82) is 0 Å². The number of carbonyl (C=O) groups excluding carboxylic acids is 2. The maximum atomic E-state index is 13.5. The van der Waals surface area contributed by atoms with Gasteiger partial charge in [-0.15, -0.1) is 0 Å². The van der Waals surface area contributed by atoms with E-state index in [1.54, 1.807) is 48.9 Å². The second-order valence-corrected chi connectivity index (χ2v) is 9.09. The number of hydrogen-bond acceptors (Lipinski definition) is 8. The van der Waals surface area contributed by atoms with Crippen molar-refractivity contribution >= 4 is 40.0 Å². The Balaban J connectivity index is 1.38. The maximum Gasteiger partial charge on any atom is 0.196 e. The van der Waals surface area contributed by atoms with Crippen LogP contribution in [0.15, 0.2) is 55.2 Å². The average molecular weight is 506 g/mol. The van der Waals surface area contributed by atoms with Crippen molar-refractivity contribution in [2.24, 2.45) is 0 Å². The van der Waals surface area contributed by atoms with E-state index >= 15 is 0 Å². The second kappa shape index (κ2) is 10.5. The number of ketones is 2. The van der Waals surface area contributed by atoms with Crippen LogP contribution in [0.5, 0.6) is 0 Å². The lowest BCUT2D eigenvalue weighted by molar-refractivity contribution is -0.0224. The number of aromatic nitrogens is 4. The molecule has 1 fully saturated rings. The van der Waals surface area contributed by atoms with Gasteiger partial charge in [0.15, 0.2) is 11.6 Å². The third-order valence-corrected chi connectivity index (χ3v) is 6.59.